The van der Waals surface area contributed by atoms with Gasteiger partial charge in [-0.05, 0) is 122 Å². The first-order chi connectivity index (χ1) is 34.7. The van der Waals surface area contributed by atoms with Gasteiger partial charge in [0, 0.05) is 52.1 Å². The van der Waals surface area contributed by atoms with Gasteiger partial charge in [0.15, 0.2) is 0 Å². The van der Waals surface area contributed by atoms with Gasteiger partial charge in [-0.2, -0.15) is 0 Å². The minimum absolute atomic E-state index is 0.0506. The van der Waals surface area contributed by atoms with Crippen LogP contribution in [0.3, 0.4) is 0 Å². The number of fused-ring (bicyclic) bond motifs is 3. The largest absolute Gasteiger partial charge is 0.457 e. The number of ether oxygens (including phenoxy) is 1. The highest BCUT2D eigenvalue weighted by atomic mass is 16.5. The first-order valence-corrected chi connectivity index (χ1v) is 25.2. The van der Waals surface area contributed by atoms with Gasteiger partial charge >= 0.3 is 0 Å². The van der Waals surface area contributed by atoms with E-state index in [0.717, 1.165) is 67.3 Å². The van der Waals surface area contributed by atoms with Crippen LogP contribution in [0.1, 0.15) is 83.2 Å². The lowest BCUT2D eigenvalue weighted by Gasteiger charge is -2.30. The average molecular weight is 939 g/mol. The van der Waals surface area contributed by atoms with Crippen molar-refractivity contribution in [2.45, 2.75) is 71.6 Å². The summed E-state index contributed by atoms with van der Waals surface area (Å²) >= 11 is 0. The van der Waals surface area contributed by atoms with Crippen molar-refractivity contribution in [3.63, 3.8) is 0 Å². The highest BCUT2D eigenvalue weighted by Crippen LogP contribution is 2.44. The lowest BCUT2D eigenvalue weighted by atomic mass is 9.78. The van der Waals surface area contributed by atoms with Crippen molar-refractivity contribution in [2.24, 2.45) is 0 Å². The number of pyridine rings is 1. The maximum absolute atomic E-state index is 7.19. The van der Waals surface area contributed by atoms with Gasteiger partial charge in [-0.25, -0.2) is 4.98 Å². The van der Waals surface area contributed by atoms with Crippen molar-refractivity contribution in [2.75, 3.05) is 16.5 Å². The summed E-state index contributed by atoms with van der Waals surface area (Å²) in [6.45, 7) is 18.9. The maximum Gasteiger partial charge on any atom is 0.137 e. The minimum atomic E-state index is -0.354. The predicted octanol–water partition coefficient (Wildman–Crippen LogP) is 17.5. The monoisotopic (exact) mass is 938 g/mol. The highest BCUT2D eigenvalue weighted by Gasteiger charge is 2.30. The van der Waals surface area contributed by atoms with Gasteiger partial charge in [-0.1, -0.05) is 189 Å². The molecule has 3 heterocycles. The third-order valence-electron chi connectivity index (χ3n) is 14.5. The van der Waals surface area contributed by atoms with Crippen molar-refractivity contribution >= 4 is 38.9 Å². The van der Waals surface area contributed by atoms with Crippen LogP contribution in [-0.4, -0.2) is 16.2 Å². The van der Waals surface area contributed by atoms with Crippen LogP contribution < -0.4 is 14.5 Å². The second kappa shape index (κ2) is 18.2. The molecule has 356 valence electrons. The Kier molecular flexibility index (Phi) is 11.7. The highest BCUT2D eigenvalue weighted by molar-refractivity contribution is 6.10. The van der Waals surface area contributed by atoms with Crippen molar-refractivity contribution in [3.8, 4) is 39.6 Å². The number of anilines is 2. The Morgan fingerprint density at radius 3 is 1.71 bits per heavy atom. The lowest BCUT2D eigenvalue weighted by Crippen LogP contribution is -2.27. The van der Waals surface area contributed by atoms with Gasteiger partial charge in [0.25, 0.3) is 0 Å². The second-order valence-electron chi connectivity index (χ2n) is 21.9. The zero-order chi connectivity index (χ0) is 49.8. The van der Waals surface area contributed by atoms with Gasteiger partial charge in [-0.3, -0.25) is 4.57 Å². The van der Waals surface area contributed by atoms with Crippen molar-refractivity contribution < 1.29 is 4.74 Å². The molecule has 1 aliphatic heterocycles. The van der Waals surface area contributed by atoms with E-state index in [0.29, 0.717) is 6.67 Å². The third kappa shape index (κ3) is 8.96. The second-order valence-corrected chi connectivity index (χ2v) is 21.9. The lowest BCUT2D eigenvalue weighted by molar-refractivity contribution is 0.480. The van der Waals surface area contributed by atoms with Crippen LogP contribution in [0.5, 0.6) is 11.5 Å². The van der Waals surface area contributed by atoms with Crippen LogP contribution in [0, 0.1) is 0 Å². The first kappa shape index (κ1) is 46.2. The molecule has 1 aliphatic rings. The standard InChI is InChI=1S/C67H62N4O/c1-65(2,3)52-33-34-68-64(41-52)71-61-32-29-49(46-21-13-9-14-22-46)37-60(61)59-31-30-57(43-62(59)71)72-58-40-54(67(7,8)51-27-19-12-20-28-51)39-56(42-58)70-45-69(44-63(70)48-25-17-11-18-26-48)55-36-50(47-23-15-10-16-24-47)35-53(38-55)66(4,5)6/h9-44H,45H2,1-8H3. The summed E-state index contributed by atoms with van der Waals surface area (Å²) in [5.74, 6) is 2.39. The van der Waals surface area contributed by atoms with Crippen LogP contribution in [0.15, 0.2) is 219 Å². The molecule has 0 atom stereocenters. The molecule has 72 heavy (non-hydrogen) atoms. The first-order valence-electron chi connectivity index (χ1n) is 25.2. The predicted molar refractivity (Wildman–Crippen MR) is 303 cm³/mol. The molecule has 5 nitrogen and oxygen atoms in total. The Bertz CT molecular complexity index is 3620. The smallest absolute Gasteiger partial charge is 0.137 e. The zero-order valence-corrected chi connectivity index (χ0v) is 42.7. The quantitative estimate of drug-likeness (QED) is 0.137. The van der Waals surface area contributed by atoms with E-state index >= 15 is 0 Å². The molecular formula is C67H62N4O. The van der Waals surface area contributed by atoms with Crippen LogP contribution in [0.25, 0.3) is 55.6 Å². The maximum atomic E-state index is 7.19. The molecule has 0 amide bonds. The number of benzene rings is 8. The Labute approximate surface area is 425 Å². The topological polar surface area (TPSA) is 33.5 Å². The van der Waals surface area contributed by atoms with E-state index in [2.05, 4.69) is 282 Å². The molecule has 5 heteroatoms. The molecule has 11 rings (SSSR count). The number of hydrogen-bond acceptors (Lipinski definition) is 4. The van der Waals surface area contributed by atoms with E-state index in [-0.39, 0.29) is 16.2 Å². The molecule has 0 bridgehead atoms. The number of rotatable bonds is 10. The molecule has 0 saturated carbocycles. The summed E-state index contributed by atoms with van der Waals surface area (Å²) in [5, 5.41) is 2.30. The van der Waals surface area contributed by atoms with Gasteiger partial charge < -0.3 is 14.5 Å². The third-order valence-corrected chi connectivity index (χ3v) is 14.5. The summed E-state index contributed by atoms with van der Waals surface area (Å²) in [5.41, 5.74) is 15.8. The van der Waals surface area contributed by atoms with Crippen LogP contribution in [0.4, 0.5) is 11.4 Å². The summed E-state index contributed by atoms with van der Waals surface area (Å²) in [7, 11) is 0. The Morgan fingerprint density at radius 1 is 0.417 bits per heavy atom. The fourth-order valence-corrected chi connectivity index (χ4v) is 10.2. The van der Waals surface area contributed by atoms with Gasteiger partial charge in [0.2, 0.25) is 0 Å². The number of aromatic nitrogens is 2. The molecule has 0 spiro atoms. The van der Waals surface area contributed by atoms with Crippen LogP contribution >= 0.6 is 0 Å². The van der Waals surface area contributed by atoms with Crippen LogP contribution in [-0.2, 0) is 16.2 Å². The summed E-state index contributed by atoms with van der Waals surface area (Å²) in [6.07, 6.45) is 4.26. The molecule has 0 radical (unpaired) electrons. The molecular weight excluding hydrogens is 877 g/mol. The molecule has 0 saturated heterocycles. The van der Waals surface area contributed by atoms with E-state index < -0.39 is 0 Å². The Morgan fingerprint density at radius 2 is 1.04 bits per heavy atom. The van der Waals surface area contributed by atoms with Gasteiger partial charge in [0.05, 0.1) is 23.4 Å². The number of hydrogen-bond donors (Lipinski definition) is 0. The van der Waals surface area contributed by atoms with Crippen LogP contribution in [0.2, 0.25) is 0 Å². The van der Waals surface area contributed by atoms with Crippen molar-refractivity contribution in [1.29, 1.82) is 0 Å². The Hall–Kier alpha value is -8.15. The van der Waals surface area contributed by atoms with E-state index in [9.17, 15) is 0 Å². The molecule has 0 fully saturated rings. The molecule has 2 aromatic heterocycles. The summed E-state index contributed by atoms with van der Waals surface area (Å²) in [6, 6.07) is 74.4. The van der Waals surface area contributed by atoms with E-state index in [1.54, 1.807) is 0 Å². The average Bonchev–Trinajstić information content (AvgIpc) is 3.99. The van der Waals surface area contributed by atoms with Gasteiger partial charge in [-0.15, -0.1) is 0 Å². The summed E-state index contributed by atoms with van der Waals surface area (Å²) < 4.78 is 9.49. The number of nitrogens with zero attached hydrogens (tertiary/aromatic N) is 4. The molecule has 0 N–H and O–H groups in total. The molecule has 10 aromatic rings. The van der Waals surface area contributed by atoms with E-state index in [4.69, 9.17) is 9.72 Å². The Balaban J connectivity index is 1.06. The van der Waals surface area contributed by atoms with E-state index in [1.165, 1.54) is 38.9 Å². The zero-order valence-electron chi connectivity index (χ0n) is 42.7. The van der Waals surface area contributed by atoms with Gasteiger partial charge in [0.1, 0.15) is 17.3 Å². The SMILES string of the molecule is CC(C)(C)c1cc(-c2ccccc2)cc(N2C=C(c3ccccc3)N(c3cc(Oc4ccc5c6cc(-c7ccccc7)ccc6n(-c6cc(C(C)(C)C)ccn6)c5c4)cc(C(C)(C)c4ccccc4)c3)C2)c1. The molecule has 0 aliphatic carbocycles. The summed E-state index contributed by atoms with van der Waals surface area (Å²) in [4.78, 5) is 9.86. The normalized spacial score (nSPS) is 13.2. The molecule has 8 aromatic carbocycles. The fraction of sp³-hybridized carbons (Fsp3) is 0.179. The van der Waals surface area contributed by atoms with Crippen molar-refractivity contribution in [3.05, 3.63) is 246 Å². The fourth-order valence-electron chi connectivity index (χ4n) is 10.2. The molecule has 0 unspecified atom stereocenters. The minimum Gasteiger partial charge on any atom is -0.457 e. The van der Waals surface area contributed by atoms with Crippen molar-refractivity contribution in [1.82, 2.24) is 9.55 Å². The van der Waals surface area contributed by atoms with E-state index in [1.807, 2.05) is 6.20 Å².